The average Bonchev–Trinajstić information content (AvgIpc) is 2.70. The van der Waals surface area contributed by atoms with Crippen molar-refractivity contribution in [1.29, 1.82) is 0 Å². The Morgan fingerprint density at radius 3 is 2.46 bits per heavy atom. The van der Waals surface area contributed by atoms with E-state index in [1.807, 2.05) is 24.3 Å². The van der Waals surface area contributed by atoms with Gasteiger partial charge in [-0.2, -0.15) is 0 Å². The standard InChI is InChI=1S/C20H22BrN3O4/c21-14-11-18-19(28-10-9-27-18)12-15(14)22-20(26)13-23-5-7-24(8-6-23)16-3-1-2-4-17(16)25/h1-4,11-12,25H,5-10,13H2,(H,22,26). The third kappa shape index (κ3) is 4.18. The van der Waals surface area contributed by atoms with Gasteiger partial charge in [0.2, 0.25) is 5.91 Å². The van der Waals surface area contributed by atoms with Gasteiger partial charge in [0, 0.05) is 42.8 Å². The number of amides is 1. The zero-order chi connectivity index (χ0) is 19.5. The van der Waals surface area contributed by atoms with E-state index in [1.54, 1.807) is 12.1 Å². The molecule has 0 unspecified atom stereocenters. The number of anilines is 2. The maximum absolute atomic E-state index is 12.5. The Balaban J connectivity index is 1.32. The number of carbonyl (C=O) groups excluding carboxylic acids is 1. The summed E-state index contributed by atoms with van der Waals surface area (Å²) in [5.74, 6) is 1.53. The van der Waals surface area contributed by atoms with Gasteiger partial charge in [-0.1, -0.05) is 12.1 Å². The number of carbonyl (C=O) groups is 1. The summed E-state index contributed by atoms with van der Waals surface area (Å²) in [7, 11) is 0. The number of hydrogen-bond acceptors (Lipinski definition) is 6. The second-order valence-electron chi connectivity index (χ2n) is 6.78. The third-order valence-electron chi connectivity index (χ3n) is 4.87. The van der Waals surface area contributed by atoms with Crippen molar-refractivity contribution in [3.05, 3.63) is 40.9 Å². The van der Waals surface area contributed by atoms with E-state index >= 15 is 0 Å². The molecule has 2 N–H and O–H groups in total. The van der Waals surface area contributed by atoms with E-state index in [2.05, 4.69) is 31.0 Å². The zero-order valence-corrected chi connectivity index (χ0v) is 16.9. The summed E-state index contributed by atoms with van der Waals surface area (Å²) in [5.41, 5.74) is 1.51. The molecule has 8 heteroatoms. The molecule has 0 aromatic heterocycles. The average molecular weight is 448 g/mol. The van der Waals surface area contributed by atoms with E-state index in [4.69, 9.17) is 9.47 Å². The first-order chi connectivity index (χ1) is 13.6. The van der Waals surface area contributed by atoms with Crippen molar-refractivity contribution >= 4 is 33.2 Å². The number of halogens is 1. The molecule has 0 bridgehead atoms. The molecule has 7 nitrogen and oxygen atoms in total. The number of phenolic OH excluding ortho intramolecular Hbond substituents is 1. The van der Waals surface area contributed by atoms with Crippen LogP contribution in [-0.2, 0) is 4.79 Å². The van der Waals surface area contributed by atoms with Crippen LogP contribution in [0.4, 0.5) is 11.4 Å². The number of aromatic hydroxyl groups is 1. The lowest BCUT2D eigenvalue weighted by Gasteiger charge is -2.35. The Labute approximate surface area is 172 Å². The second-order valence-corrected chi connectivity index (χ2v) is 7.63. The molecule has 0 spiro atoms. The van der Waals surface area contributed by atoms with Crippen molar-refractivity contribution in [2.75, 3.05) is 56.2 Å². The monoisotopic (exact) mass is 447 g/mol. The third-order valence-corrected chi connectivity index (χ3v) is 5.52. The minimum atomic E-state index is -0.0756. The number of benzene rings is 2. The van der Waals surface area contributed by atoms with E-state index in [-0.39, 0.29) is 11.7 Å². The van der Waals surface area contributed by atoms with Crippen molar-refractivity contribution < 1.29 is 19.4 Å². The van der Waals surface area contributed by atoms with Crippen LogP contribution >= 0.6 is 15.9 Å². The Morgan fingerprint density at radius 1 is 1.07 bits per heavy atom. The molecular formula is C20H22BrN3O4. The summed E-state index contributed by atoms with van der Waals surface area (Å²) < 4.78 is 11.9. The number of fused-ring (bicyclic) bond motifs is 1. The number of rotatable bonds is 4. The van der Waals surface area contributed by atoms with Crippen LogP contribution in [0.3, 0.4) is 0 Å². The van der Waals surface area contributed by atoms with E-state index in [0.29, 0.717) is 36.9 Å². The molecular weight excluding hydrogens is 426 g/mol. The smallest absolute Gasteiger partial charge is 0.238 e. The molecule has 1 fully saturated rings. The Kier molecular flexibility index (Phi) is 5.59. The topological polar surface area (TPSA) is 74.3 Å². The molecule has 2 aliphatic rings. The minimum Gasteiger partial charge on any atom is -0.506 e. The van der Waals surface area contributed by atoms with Gasteiger partial charge in [0.05, 0.1) is 17.9 Å². The molecule has 148 valence electrons. The van der Waals surface area contributed by atoms with E-state index < -0.39 is 0 Å². The molecule has 1 saturated heterocycles. The van der Waals surface area contributed by atoms with Gasteiger partial charge < -0.3 is 24.8 Å². The summed E-state index contributed by atoms with van der Waals surface area (Å²) >= 11 is 3.48. The molecule has 2 aromatic carbocycles. The van der Waals surface area contributed by atoms with Gasteiger partial charge in [0.1, 0.15) is 19.0 Å². The maximum Gasteiger partial charge on any atom is 0.238 e. The van der Waals surface area contributed by atoms with Gasteiger partial charge in [-0.25, -0.2) is 0 Å². The van der Waals surface area contributed by atoms with Crippen LogP contribution in [0.5, 0.6) is 17.2 Å². The number of nitrogens with one attached hydrogen (secondary N) is 1. The minimum absolute atomic E-state index is 0.0756. The fourth-order valence-corrected chi connectivity index (χ4v) is 3.85. The molecule has 4 rings (SSSR count). The summed E-state index contributed by atoms with van der Waals surface area (Å²) in [6.45, 7) is 4.38. The van der Waals surface area contributed by atoms with Gasteiger partial charge in [-0.3, -0.25) is 9.69 Å². The summed E-state index contributed by atoms with van der Waals surface area (Å²) in [5, 5.41) is 12.9. The molecule has 1 amide bonds. The zero-order valence-electron chi connectivity index (χ0n) is 15.4. The first kappa shape index (κ1) is 18.9. The van der Waals surface area contributed by atoms with Gasteiger partial charge in [0.15, 0.2) is 11.5 Å². The number of phenols is 1. The lowest BCUT2D eigenvalue weighted by atomic mass is 10.2. The highest BCUT2D eigenvalue weighted by Gasteiger charge is 2.22. The van der Waals surface area contributed by atoms with Crippen molar-refractivity contribution in [1.82, 2.24) is 4.90 Å². The van der Waals surface area contributed by atoms with Gasteiger partial charge in [-0.15, -0.1) is 0 Å². The van der Waals surface area contributed by atoms with Crippen LogP contribution in [-0.4, -0.2) is 61.9 Å². The molecule has 2 heterocycles. The van der Waals surface area contributed by atoms with Crippen molar-refractivity contribution in [2.45, 2.75) is 0 Å². The summed E-state index contributed by atoms with van der Waals surface area (Å²) in [6.07, 6.45) is 0. The number of hydrogen-bond donors (Lipinski definition) is 2. The predicted molar refractivity (Wildman–Crippen MR) is 111 cm³/mol. The lowest BCUT2D eigenvalue weighted by Crippen LogP contribution is -2.48. The van der Waals surface area contributed by atoms with Crippen molar-refractivity contribution in [3.8, 4) is 17.2 Å². The largest absolute Gasteiger partial charge is 0.506 e. The Morgan fingerprint density at radius 2 is 1.75 bits per heavy atom. The highest BCUT2D eigenvalue weighted by molar-refractivity contribution is 9.10. The van der Waals surface area contributed by atoms with E-state index in [0.717, 1.165) is 36.3 Å². The van der Waals surface area contributed by atoms with Crippen LogP contribution < -0.4 is 19.7 Å². The highest BCUT2D eigenvalue weighted by atomic mass is 79.9. The fourth-order valence-electron chi connectivity index (χ4n) is 3.43. The highest BCUT2D eigenvalue weighted by Crippen LogP contribution is 2.38. The first-order valence-electron chi connectivity index (χ1n) is 9.24. The maximum atomic E-state index is 12.5. The second kappa shape index (κ2) is 8.28. The Bertz CT molecular complexity index is 869. The molecule has 0 saturated carbocycles. The molecule has 28 heavy (non-hydrogen) atoms. The quantitative estimate of drug-likeness (QED) is 0.750. The van der Waals surface area contributed by atoms with Crippen LogP contribution in [0.25, 0.3) is 0 Å². The van der Waals surface area contributed by atoms with Crippen molar-refractivity contribution in [3.63, 3.8) is 0 Å². The van der Waals surface area contributed by atoms with E-state index in [9.17, 15) is 9.90 Å². The predicted octanol–water partition coefficient (Wildman–Crippen LogP) is 2.69. The number of piperazine rings is 1. The summed E-state index contributed by atoms with van der Waals surface area (Å²) in [4.78, 5) is 16.8. The number of para-hydroxylation sites is 2. The van der Waals surface area contributed by atoms with Crippen LogP contribution in [0, 0.1) is 0 Å². The van der Waals surface area contributed by atoms with Gasteiger partial charge >= 0.3 is 0 Å². The normalized spacial score (nSPS) is 16.7. The SMILES string of the molecule is O=C(CN1CCN(c2ccccc2O)CC1)Nc1cc2c(cc1Br)OCCO2. The fraction of sp³-hybridized carbons (Fsp3) is 0.350. The Hall–Kier alpha value is -2.45. The molecule has 0 radical (unpaired) electrons. The van der Waals surface area contributed by atoms with Crippen molar-refractivity contribution in [2.24, 2.45) is 0 Å². The molecule has 0 aliphatic carbocycles. The molecule has 2 aromatic rings. The molecule has 0 atom stereocenters. The number of ether oxygens (including phenoxy) is 2. The van der Waals surface area contributed by atoms with Crippen LogP contribution in [0.1, 0.15) is 0 Å². The van der Waals surface area contributed by atoms with Crippen LogP contribution in [0.2, 0.25) is 0 Å². The first-order valence-corrected chi connectivity index (χ1v) is 10.0. The van der Waals surface area contributed by atoms with Gasteiger partial charge in [-0.05, 0) is 28.1 Å². The summed E-state index contributed by atoms with van der Waals surface area (Å²) in [6, 6.07) is 10.9. The molecule has 2 aliphatic heterocycles. The number of nitrogens with zero attached hydrogens (tertiary/aromatic N) is 2. The van der Waals surface area contributed by atoms with Gasteiger partial charge in [0.25, 0.3) is 0 Å². The lowest BCUT2D eigenvalue weighted by molar-refractivity contribution is -0.117. The van der Waals surface area contributed by atoms with E-state index in [1.165, 1.54) is 0 Å². The van der Waals surface area contributed by atoms with Crippen LogP contribution in [0.15, 0.2) is 40.9 Å².